The summed E-state index contributed by atoms with van der Waals surface area (Å²) in [7, 11) is 0. The Labute approximate surface area is 322 Å². The van der Waals surface area contributed by atoms with Crippen molar-refractivity contribution in [2.24, 2.45) is 0 Å². The van der Waals surface area contributed by atoms with Gasteiger partial charge in [-0.05, 0) is 47.5 Å². The number of para-hydroxylation sites is 2. The molecule has 0 atom stereocenters. The van der Waals surface area contributed by atoms with Gasteiger partial charge >= 0.3 is 0 Å². The average molecular weight is 717 g/mol. The number of aromatic nitrogens is 4. The standard InChI is InChI=1S/C51H32N4O/c1-5-16-34(17-6-1)42-32-43(54-51(53-42)37-20-9-3-10-21-37)35-30-28-33(29-31-35)39-25-15-27-44-45(39)50-48(55(44)38-22-11-4-12-23-38)46-47(36-18-7-2-8-19-36)52-41-26-14-13-24-40(41)49(46)56-50/h1-32H. The van der Waals surface area contributed by atoms with Crippen molar-refractivity contribution in [3.63, 3.8) is 0 Å². The SMILES string of the molecule is c1ccc(-c2cc(-c3ccc(-c4cccc5c4c4oc6c7ccccc7nc(-c7ccccc7)c6c4n5-c4ccccc4)cc3)nc(-c3ccccc3)n2)cc1. The van der Waals surface area contributed by atoms with Crippen LogP contribution >= 0.6 is 0 Å². The van der Waals surface area contributed by atoms with Crippen LogP contribution in [-0.2, 0) is 0 Å². The Morgan fingerprint density at radius 2 is 0.982 bits per heavy atom. The first-order valence-corrected chi connectivity index (χ1v) is 18.8. The molecule has 0 aliphatic rings. The van der Waals surface area contributed by atoms with E-state index in [1.54, 1.807) is 0 Å². The van der Waals surface area contributed by atoms with Crippen LogP contribution in [0.3, 0.4) is 0 Å². The molecule has 7 aromatic carbocycles. The number of pyridine rings is 1. The zero-order chi connectivity index (χ0) is 37.0. The smallest absolute Gasteiger partial charge is 0.162 e. The van der Waals surface area contributed by atoms with Crippen LogP contribution in [0.2, 0.25) is 0 Å². The molecule has 0 radical (unpaired) electrons. The normalized spacial score (nSPS) is 11.6. The molecule has 5 nitrogen and oxygen atoms in total. The molecule has 0 unspecified atom stereocenters. The first kappa shape index (κ1) is 31.9. The molecule has 0 fully saturated rings. The predicted molar refractivity (Wildman–Crippen MR) is 229 cm³/mol. The Morgan fingerprint density at radius 1 is 0.411 bits per heavy atom. The lowest BCUT2D eigenvalue weighted by Gasteiger charge is -2.12. The van der Waals surface area contributed by atoms with Crippen molar-refractivity contribution in [1.29, 1.82) is 0 Å². The van der Waals surface area contributed by atoms with E-state index in [0.29, 0.717) is 5.82 Å². The number of hydrogen-bond acceptors (Lipinski definition) is 4. The minimum absolute atomic E-state index is 0.696. The summed E-state index contributed by atoms with van der Waals surface area (Å²) in [6, 6.07) is 67.0. The van der Waals surface area contributed by atoms with Gasteiger partial charge in [-0.25, -0.2) is 15.0 Å². The van der Waals surface area contributed by atoms with Crippen LogP contribution in [0.15, 0.2) is 199 Å². The van der Waals surface area contributed by atoms with Crippen molar-refractivity contribution in [3.05, 3.63) is 194 Å². The van der Waals surface area contributed by atoms with E-state index in [4.69, 9.17) is 19.4 Å². The summed E-state index contributed by atoms with van der Waals surface area (Å²) in [5.41, 5.74) is 14.6. The van der Waals surface area contributed by atoms with Crippen molar-refractivity contribution in [3.8, 4) is 62.0 Å². The summed E-state index contributed by atoms with van der Waals surface area (Å²) in [5.74, 6) is 0.696. The number of rotatable bonds is 6. The molecule has 0 spiro atoms. The molecule has 0 bridgehead atoms. The van der Waals surface area contributed by atoms with Crippen molar-refractivity contribution in [1.82, 2.24) is 19.5 Å². The highest BCUT2D eigenvalue weighted by Crippen LogP contribution is 2.47. The molecule has 0 aliphatic heterocycles. The van der Waals surface area contributed by atoms with Crippen LogP contribution in [0.4, 0.5) is 0 Å². The van der Waals surface area contributed by atoms with E-state index in [1.807, 2.05) is 48.5 Å². The maximum atomic E-state index is 7.13. The van der Waals surface area contributed by atoms with E-state index in [2.05, 4.69) is 150 Å². The molecule has 5 heteroatoms. The van der Waals surface area contributed by atoms with Gasteiger partial charge in [-0.2, -0.15) is 0 Å². The molecule has 11 aromatic rings. The number of benzene rings is 7. The van der Waals surface area contributed by atoms with E-state index in [1.165, 1.54) is 0 Å². The molecular formula is C51H32N4O. The monoisotopic (exact) mass is 716 g/mol. The van der Waals surface area contributed by atoms with E-state index < -0.39 is 0 Å². The van der Waals surface area contributed by atoms with E-state index in [9.17, 15) is 0 Å². The maximum absolute atomic E-state index is 7.13. The molecule has 4 aromatic heterocycles. The fourth-order valence-electron chi connectivity index (χ4n) is 8.02. The zero-order valence-corrected chi connectivity index (χ0v) is 30.2. The topological polar surface area (TPSA) is 56.7 Å². The van der Waals surface area contributed by atoms with E-state index in [-0.39, 0.29) is 0 Å². The van der Waals surface area contributed by atoms with Gasteiger partial charge in [0, 0.05) is 33.3 Å². The van der Waals surface area contributed by atoms with Gasteiger partial charge in [0.15, 0.2) is 11.4 Å². The lowest BCUT2D eigenvalue weighted by atomic mass is 9.98. The van der Waals surface area contributed by atoms with Gasteiger partial charge < -0.3 is 8.98 Å². The van der Waals surface area contributed by atoms with Crippen LogP contribution < -0.4 is 0 Å². The third-order valence-electron chi connectivity index (χ3n) is 10.6. The van der Waals surface area contributed by atoms with Gasteiger partial charge in [-0.1, -0.05) is 158 Å². The van der Waals surface area contributed by atoms with Crippen LogP contribution in [0, 0.1) is 0 Å². The van der Waals surface area contributed by atoms with Crippen molar-refractivity contribution < 1.29 is 4.42 Å². The quantitative estimate of drug-likeness (QED) is 0.172. The highest BCUT2D eigenvalue weighted by atomic mass is 16.3. The Hall–Kier alpha value is -7.63. The average Bonchev–Trinajstić information content (AvgIpc) is 3.83. The summed E-state index contributed by atoms with van der Waals surface area (Å²) in [6.07, 6.45) is 0. The highest BCUT2D eigenvalue weighted by molar-refractivity contribution is 6.26. The number of furan rings is 1. The lowest BCUT2D eigenvalue weighted by molar-refractivity contribution is 0.676. The summed E-state index contributed by atoms with van der Waals surface area (Å²) < 4.78 is 9.47. The Balaban J connectivity index is 1.14. The molecule has 11 rings (SSSR count). The maximum Gasteiger partial charge on any atom is 0.162 e. The Kier molecular flexibility index (Phi) is 7.42. The Morgan fingerprint density at radius 3 is 1.68 bits per heavy atom. The van der Waals surface area contributed by atoms with Crippen LogP contribution in [0.25, 0.3) is 106 Å². The lowest BCUT2D eigenvalue weighted by Crippen LogP contribution is -1.96. The summed E-state index contributed by atoms with van der Waals surface area (Å²) in [6.45, 7) is 0. The number of nitrogens with zero attached hydrogens (tertiary/aromatic N) is 4. The molecule has 4 heterocycles. The minimum atomic E-state index is 0.696. The summed E-state index contributed by atoms with van der Waals surface area (Å²) in [4.78, 5) is 15.4. The number of fused-ring (bicyclic) bond motifs is 7. The second kappa shape index (κ2) is 13.0. The first-order valence-electron chi connectivity index (χ1n) is 18.8. The molecule has 0 saturated carbocycles. The molecule has 0 aliphatic carbocycles. The van der Waals surface area contributed by atoms with E-state index in [0.717, 1.165) is 100 Å². The molecule has 0 amide bonds. The molecular weight excluding hydrogens is 685 g/mol. The van der Waals surface area contributed by atoms with Gasteiger partial charge in [-0.15, -0.1) is 0 Å². The van der Waals surface area contributed by atoms with E-state index >= 15 is 0 Å². The van der Waals surface area contributed by atoms with Crippen molar-refractivity contribution in [2.75, 3.05) is 0 Å². The number of hydrogen-bond donors (Lipinski definition) is 0. The molecule has 0 saturated heterocycles. The fourth-order valence-corrected chi connectivity index (χ4v) is 8.02. The van der Waals surface area contributed by atoms with Crippen LogP contribution in [0.5, 0.6) is 0 Å². The Bertz CT molecular complexity index is 3150. The highest BCUT2D eigenvalue weighted by Gasteiger charge is 2.26. The third kappa shape index (κ3) is 5.21. The summed E-state index contributed by atoms with van der Waals surface area (Å²) in [5, 5.41) is 3.04. The van der Waals surface area contributed by atoms with Crippen molar-refractivity contribution >= 4 is 43.9 Å². The third-order valence-corrected chi connectivity index (χ3v) is 10.6. The van der Waals surface area contributed by atoms with Gasteiger partial charge in [0.05, 0.1) is 38.9 Å². The predicted octanol–water partition coefficient (Wildman–Crippen LogP) is 13.2. The summed E-state index contributed by atoms with van der Waals surface area (Å²) >= 11 is 0. The van der Waals surface area contributed by atoms with Gasteiger partial charge in [-0.3, -0.25) is 0 Å². The first-order chi connectivity index (χ1) is 27.8. The van der Waals surface area contributed by atoms with Crippen LogP contribution in [0.1, 0.15) is 0 Å². The second-order valence-corrected chi connectivity index (χ2v) is 14.0. The van der Waals surface area contributed by atoms with Crippen molar-refractivity contribution in [2.45, 2.75) is 0 Å². The van der Waals surface area contributed by atoms with Gasteiger partial charge in [0.1, 0.15) is 11.1 Å². The van der Waals surface area contributed by atoms with Gasteiger partial charge in [0.25, 0.3) is 0 Å². The second-order valence-electron chi connectivity index (χ2n) is 14.0. The van der Waals surface area contributed by atoms with Crippen LogP contribution in [-0.4, -0.2) is 19.5 Å². The fraction of sp³-hybridized carbons (Fsp3) is 0. The molecule has 56 heavy (non-hydrogen) atoms. The minimum Gasteiger partial charge on any atom is -0.453 e. The zero-order valence-electron chi connectivity index (χ0n) is 30.2. The molecule has 262 valence electrons. The largest absolute Gasteiger partial charge is 0.453 e. The molecule has 0 N–H and O–H groups in total. The van der Waals surface area contributed by atoms with Gasteiger partial charge in [0.2, 0.25) is 0 Å².